The van der Waals surface area contributed by atoms with Crippen molar-refractivity contribution in [3.8, 4) is 11.5 Å². The van der Waals surface area contributed by atoms with E-state index < -0.39 is 10.0 Å². The average molecular weight is 376 g/mol. The number of aryl methyl sites for hydroxylation is 3. The van der Waals surface area contributed by atoms with Crippen LogP contribution in [0, 0.1) is 6.92 Å². The maximum Gasteiger partial charge on any atom is 0.243 e. The van der Waals surface area contributed by atoms with Gasteiger partial charge in [-0.3, -0.25) is 4.72 Å². The summed E-state index contributed by atoms with van der Waals surface area (Å²) in [5, 5.41) is 9.89. The van der Waals surface area contributed by atoms with Gasteiger partial charge in [-0.15, -0.1) is 0 Å². The quantitative estimate of drug-likeness (QED) is 0.440. The molecule has 0 aliphatic rings. The van der Waals surface area contributed by atoms with Crippen LogP contribution in [-0.2, 0) is 23.6 Å². The summed E-state index contributed by atoms with van der Waals surface area (Å²) in [7, 11) is -0.144. The molecule has 2 rings (SSSR count). The lowest BCUT2D eigenvalue weighted by molar-refractivity contribution is -0.671. The van der Waals surface area contributed by atoms with Crippen molar-refractivity contribution in [3.63, 3.8) is 0 Å². The summed E-state index contributed by atoms with van der Waals surface area (Å²) >= 11 is 0. The summed E-state index contributed by atoms with van der Waals surface area (Å²) in [4.78, 5) is 0. The van der Waals surface area contributed by atoms with Crippen LogP contribution in [-0.4, -0.2) is 31.0 Å². The molecule has 2 aromatic rings. The van der Waals surface area contributed by atoms with Crippen molar-refractivity contribution in [2.24, 2.45) is 7.05 Å². The van der Waals surface area contributed by atoms with Crippen LogP contribution in [0.4, 0.5) is 5.69 Å². The molecule has 9 heteroatoms. The van der Waals surface area contributed by atoms with E-state index in [1.165, 1.54) is 19.2 Å². The summed E-state index contributed by atoms with van der Waals surface area (Å²) in [5.41, 5.74) is 0.855. The molecule has 0 radical (unpaired) electrons. The van der Waals surface area contributed by atoms with Crippen LogP contribution in [0.3, 0.4) is 0 Å². The van der Waals surface area contributed by atoms with Crippen LogP contribution >= 0.6 is 0 Å². The summed E-state index contributed by atoms with van der Waals surface area (Å²) < 4.78 is 35.7. The molecule has 0 fully saturated rings. The zero-order valence-corrected chi connectivity index (χ0v) is 15.4. The Balaban J connectivity index is 0.00000288. The van der Waals surface area contributed by atoms with E-state index >= 15 is 0 Å². The number of halogens is 1. The molecule has 0 unspecified atom stereocenters. The van der Waals surface area contributed by atoms with Gasteiger partial charge in [0.25, 0.3) is 0 Å². The van der Waals surface area contributed by atoms with Crippen molar-refractivity contribution >= 4 is 15.7 Å². The highest BCUT2D eigenvalue weighted by atomic mass is 35.5. The highest BCUT2D eigenvalue weighted by Crippen LogP contribution is 2.32. The van der Waals surface area contributed by atoms with Gasteiger partial charge in [-0.25, -0.2) is 17.6 Å². The number of hydrogen-bond acceptors (Lipinski definition) is 4. The molecule has 1 aromatic carbocycles. The number of anilines is 1. The second-order valence-corrected chi connectivity index (χ2v) is 7.27. The molecule has 0 aliphatic heterocycles. The second kappa shape index (κ2) is 8.25. The number of benzene rings is 1. The molecule has 0 atom stereocenters. The Hall–Kier alpha value is -1.93. The number of rotatable bonds is 7. The minimum Gasteiger partial charge on any atom is -1.00 e. The van der Waals surface area contributed by atoms with E-state index in [2.05, 4.69) is 4.72 Å². The SMILES string of the molecule is COc1cc(NS(=O)(=O)CCCn2cc[n+](C)c2)c(O)cc1C.[Cl-]. The van der Waals surface area contributed by atoms with E-state index in [1.54, 1.807) is 6.92 Å². The Morgan fingerprint density at radius 1 is 1.38 bits per heavy atom. The number of hydrogen-bond donors (Lipinski definition) is 2. The van der Waals surface area contributed by atoms with Crippen molar-refractivity contribution in [2.45, 2.75) is 19.9 Å². The van der Waals surface area contributed by atoms with E-state index in [1.807, 2.05) is 34.9 Å². The first-order valence-corrected chi connectivity index (χ1v) is 8.85. The standard InChI is InChI=1S/C15H21N3O4S.ClH/c1-12-9-14(19)13(10-15(12)22-3)16-23(20,21)8-4-5-18-7-6-17(2)11-18;/h6-7,9-11,16H,4-5,8H2,1-3H3;1H. The number of sulfonamides is 1. The molecule has 7 nitrogen and oxygen atoms in total. The van der Waals surface area contributed by atoms with E-state index in [4.69, 9.17) is 4.74 Å². The number of aromatic hydroxyl groups is 1. The fourth-order valence-electron chi connectivity index (χ4n) is 2.26. The maximum absolute atomic E-state index is 12.2. The van der Waals surface area contributed by atoms with Crippen LogP contribution in [0.2, 0.25) is 0 Å². The molecule has 134 valence electrons. The Bertz CT molecular complexity index is 790. The van der Waals surface area contributed by atoms with Gasteiger partial charge in [0.05, 0.1) is 32.1 Å². The van der Waals surface area contributed by atoms with E-state index in [0.29, 0.717) is 18.7 Å². The number of imidazole rings is 1. The smallest absolute Gasteiger partial charge is 0.243 e. The fourth-order valence-corrected chi connectivity index (χ4v) is 3.37. The lowest BCUT2D eigenvalue weighted by Crippen LogP contribution is -3.00. The molecule has 0 spiro atoms. The van der Waals surface area contributed by atoms with Gasteiger partial charge in [-0.05, 0) is 18.6 Å². The summed E-state index contributed by atoms with van der Waals surface area (Å²) in [6, 6.07) is 2.95. The average Bonchev–Trinajstić information content (AvgIpc) is 2.87. The van der Waals surface area contributed by atoms with Gasteiger partial charge in [-0.2, -0.15) is 0 Å². The highest BCUT2D eigenvalue weighted by Gasteiger charge is 2.15. The first-order valence-electron chi connectivity index (χ1n) is 7.20. The molecule has 0 saturated heterocycles. The van der Waals surface area contributed by atoms with Gasteiger partial charge in [0, 0.05) is 12.5 Å². The van der Waals surface area contributed by atoms with Gasteiger partial charge in [0.1, 0.15) is 23.9 Å². The first-order chi connectivity index (χ1) is 10.8. The molecular formula is C15H22ClN3O4S. The highest BCUT2D eigenvalue weighted by molar-refractivity contribution is 7.92. The monoisotopic (exact) mass is 375 g/mol. The number of aromatic nitrogens is 2. The van der Waals surface area contributed by atoms with E-state index in [0.717, 1.165) is 5.56 Å². The number of phenolic OH excluding ortho intramolecular Hbond substituents is 1. The van der Waals surface area contributed by atoms with Gasteiger partial charge in [-0.1, -0.05) is 0 Å². The zero-order chi connectivity index (χ0) is 17.0. The molecule has 2 N–H and O–H groups in total. The Morgan fingerprint density at radius 2 is 2.08 bits per heavy atom. The van der Waals surface area contributed by atoms with Crippen molar-refractivity contribution in [1.82, 2.24) is 4.57 Å². The minimum absolute atomic E-state index is 0. The molecule has 0 saturated carbocycles. The molecule has 0 bridgehead atoms. The van der Waals surface area contributed by atoms with Crippen molar-refractivity contribution < 1.29 is 35.2 Å². The molecular weight excluding hydrogens is 354 g/mol. The number of ether oxygens (including phenoxy) is 1. The zero-order valence-electron chi connectivity index (χ0n) is 13.9. The van der Waals surface area contributed by atoms with E-state index in [-0.39, 0.29) is 29.6 Å². The van der Waals surface area contributed by atoms with Crippen LogP contribution in [0.5, 0.6) is 11.5 Å². The maximum atomic E-state index is 12.2. The Labute approximate surface area is 148 Å². The lowest BCUT2D eigenvalue weighted by atomic mass is 10.2. The van der Waals surface area contributed by atoms with Crippen molar-refractivity contribution in [2.75, 3.05) is 17.6 Å². The third-order valence-electron chi connectivity index (χ3n) is 3.43. The van der Waals surface area contributed by atoms with Crippen LogP contribution in [0.15, 0.2) is 30.9 Å². The predicted molar refractivity (Wildman–Crippen MR) is 87.0 cm³/mol. The van der Waals surface area contributed by atoms with Crippen LogP contribution in [0.25, 0.3) is 0 Å². The molecule has 0 aliphatic carbocycles. The third kappa shape index (κ3) is 5.31. The van der Waals surface area contributed by atoms with Gasteiger partial charge in [0.15, 0.2) is 0 Å². The first kappa shape index (κ1) is 20.1. The number of phenols is 1. The summed E-state index contributed by atoms with van der Waals surface area (Å²) in [6.07, 6.45) is 6.13. The molecule has 24 heavy (non-hydrogen) atoms. The summed E-state index contributed by atoms with van der Waals surface area (Å²) in [5.74, 6) is 0.356. The topological polar surface area (TPSA) is 84.4 Å². The largest absolute Gasteiger partial charge is 1.00 e. The van der Waals surface area contributed by atoms with Crippen molar-refractivity contribution in [1.29, 1.82) is 0 Å². The number of nitrogens with one attached hydrogen (secondary N) is 1. The number of methoxy groups -OCH3 is 1. The molecule has 1 aromatic heterocycles. The third-order valence-corrected chi connectivity index (χ3v) is 4.79. The van der Waals surface area contributed by atoms with Gasteiger partial charge >= 0.3 is 0 Å². The number of nitrogens with zero attached hydrogens (tertiary/aromatic N) is 2. The molecule has 1 heterocycles. The van der Waals surface area contributed by atoms with E-state index in [9.17, 15) is 13.5 Å². The van der Waals surface area contributed by atoms with Crippen molar-refractivity contribution in [3.05, 3.63) is 36.4 Å². The lowest BCUT2D eigenvalue weighted by Gasteiger charge is -2.12. The summed E-state index contributed by atoms with van der Waals surface area (Å²) in [6.45, 7) is 2.37. The molecule has 0 amide bonds. The fraction of sp³-hybridized carbons (Fsp3) is 0.400. The minimum atomic E-state index is -3.54. The predicted octanol–water partition coefficient (Wildman–Crippen LogP) is -1.83. The second-order valence-electron chi connectivity index (χ2n) is 5.43. The Kier molecular flexibility index (Phi) is 6.92. The van der Waals surface area contributed by atoms with Crippen LogP contribution in [0.1, 0.15) is 12.0 Å². The van der Waals surface area contributed by atoms with Crippen LogP contribution < -0.4 is 26.4 Å². The normalized spacial score (nSPS) is 11.0. The van der Waals surface area contributed by atoms with Gasteiger partial charge < -0.3 is 22.3 Å². The Morgan fingerprint density at radius 3 is 2.67 bits per heavy atom. The van der Waals surface area contributed by atoms with Gasteiger partial charge in [0.2, 0.25) is 16.4 Å².